The van der Waals surface area contributed by atoms with Crippen LogP contribution in [0.5, 0.6) is 0 Å². The van der Waals surface area contributed by atoms with Crippen LogP contribution in [0.3, 0.4) is 0 Å². The summed E-state index contributed by atoms with van der Waals surface area (Å²) in [7, 11) is 0. The molecule has 0 aliphatic heterocycles. The quantitative estimate of drug-likeness (QED) is 0.468. The van der Waals surface area contributed by atoms with E-state index in [0.29, 0.717) is 22.3 Å². The Labute approximate surface area is 167 Å². The van der Waals surface area contributed by atoms with Gasteiger partial charge in [-0.05, 0) is 63.0 Å². The molecule has 0 heterocycles. The molecule has 0 unspecified atom stereocenters. The van der Waals surface area contributed by atoms with Gasteiger partial charge in [-0.15, -0.1) is 0 Å². The van der Waals surface area contributed by atoms with Crippen molar-refractivity contribution >= 4 is 34.5 Å². The van der Waals surface area contributed by atoms with Crippen molar-refractivity contribution in [1.29, 1.82) is 0 Å². The third-order valence-electron chi connectivity index (χ3n) is 5.91. The van der Waals surface area contributed by atoms with Gasteiger partial charge in [0.25, 0.3) is 0 Å². The molecule has 3 aromatic carbocycles. The molecular weight excluding hydrogens is 356 g/mol. The average Bonchev–Trinajstić information content (AvgIpc) is 3.06. The highest BCUT2D eigenvalue weighted by molar-refractivity contribution is 6.29. The Morgan fingerprint density at radius 3 is 1.52 bits per heavy atom. The molecule has 3 aliphatic carbocycles. The summed E-state index contributed by atoms with van der Waals surface area (Å²) >= 11 is 0. The van der Waals surface area contributed by atoms with Crippen LogP contribution in [-0.2, 0) is 0 Å². The minimum Gasteiger partial charge on any atom is -0.289 e. The highest BCUT2D eigenvalue weighted by Crippen LogP contribution is 2.30. The Morgan fingerprint density at radius 1 is 0.586 bits per heavy atom. The molecule has 3 aromatic rings. The molecule has 0 radical (unpaired) electrons. The van der Waals surface area contributed by atoms with Gasteiger partial charge in [-0.1, -0.05) is 60.7 Å². The number of benzene rings is 3. The van der Waals surface area contributed by atoms with Gasteiger partial charge in [-0.25, -0.2) is 0 Å². The predicted molar refractivity (Wildman–Crippen MR) is 115 cm³/mol. The first-order valence-electron chi connectivity index (χ1n) is 9.73. The minimum atomic E-state index is -0.0749. The van der Waals surface area contributed by atoms with E-state index in [9.17, 15) is 9.59 Å². The van der Waals surface area contributed by atoms with Crippen LogP contribution in [0.25, 0.3) is 22.9 Å². The lowest BCUT2D eigenvalue weighted by molar-refractivity contribution is 0.0979. The molecule has 0 amide bonds. The summed E-state index contributed by atoms with van der Waals surface area (Å²) in [5.74, 6) is -0.150. The highest BCUT2D eigenvalue weighted by Gasteiger charge is 2.30. The molecule has 2 nitrogen and oxygen atoms in total. The van der Waals surface area contributed by atoms with E-state index in [0.717, 1.165) is 27.6 Å². The number of allylic oxidation sites excluding steroid dienone is 6. The van der Waals surface area contributed by atoms with Crippen molar-refractivity contribution < 1.29 is 9.59 Å². The first-order chi connectivity index (χ1) is 14.2. The number of carbonyl (C=O) groups excluding carboxylic acids is 2. The Kier molecular flexibility index (Phi) is 3.27. The molecule has 136 valence electrons. The van der Waals surface area contributed by atoms with Crippen LogP contribution in [0.1, 0.15) is 38.3 Å². The molecule has 0 fully saturated rings. The molecule has 0 N–H and O–H groups in total. The van der Waals surface area contributed by atoms with Gasteiger partial charge in [0.15, 0.2) is 11.6 Å². The van der Waals surface area contributed by atoms with E-state index in [-0.39, 0.29) is 11.6 Å². The van der Waals surface area contributed by atoms with Gasteiger partial charge in [0.2, 0.25) is 0 Å². The smallest absolute Gasteiger partial charge is 0.194 e. The van der Waals surface area contributed by atoms with Crippen molar-refractivity contribution in [1.82, 2.24) is 0 Å². The van der Waals surface area contributed by atoms with Crippen molar-refractivity contribution in [2.75, 3.05) is 0 Å². The van der Waals surface area contributed by atoms with Crippen LogP contribution in [-0.4, -0.2) is 11.6 Å². The van der Waals surface area contributed by atoms with Gasteiger partial charge in [0.05, 0.1) is 0 Å². The first kappa shape index (κ1) is 16.2. The highest BCUT2D eigenvalue weighted by atomic mass is 16.1. The third kappa shape index (κ3) is 2.43. The molecule has 29 heavy (non-hydrogen) atoms. The van der Waals surface area contributed by atoms with E-state index in [2.05, 4.69) is 24.3 Å². The normalized spacial score (nSPS) is 16.4. The number of ketones is 2. The fraction of sp³-hybridized carbons (Fsp3) is 0.0370. The molecule has 3 aliphatic rings. The van der Waals surface area contributed by atoms with Crippen molar-refractivity contribution in [2.24, 2.45) is 0 Å². The molecule has 0 spiro atoms. The van der Waals surface area contributed by atoms with Crippen LogP contribution >= 0.6 is 0 Å². The van der Waals surface area contributed by atoms with Crippen LogP contribution in [0.4, 0.5) is 0 Å². The molecule has 2 heteroatoms. The average molecular weight is 372 g/mol. The van der Waals surface area contributed by atoms with Crippen LogP contribution < -0.4 is 10.4 Å². The van der Waals surface area contributed by atoms with E-state index >= 15 is 0 Å². The molecule has 0 atom stereocenters. The van der Waals surface area contributed by atoms with Gasteiger partial charge < -0.3 is 0 Å². The van der Waals surface area contributed by atoms with Gasteiger partial charge in [-0.3, -0.25) is 9.59 Å². The number of carbonyl (C=O) groups is 2. The lowest BCUT2D eigenvalue weighted by Gasteiger charge is -2.18. The van der Waals surface area contributed by atoms with Gasteiger partial charge in [-0.2, -0.15) is 0 Å². The van der Waals surface area contributed by atoms with Crippen molar-refractivity contribution in [3.63, 3.8) is 0 Å². The molecular formula is C27H16O2. The summed E-state index contributed by atoms with van der Waals surface area (Å²) < 4.78 is 0. The van der Waals surface area contributed by atoms with Crippen LogP contribution in [0, 0.1) is 0 Å². The third-order valence-corrected chi connectivity index (χ3v) is 5.91. The van der Waals surface area contributed by atoms with E-state index in [1.165, 1.54) is 11.1 Å². The number of hydrogen-bond donors (Lipinski definition) is 0. The second kappa shape index (κ2) is 5.86. The number of hydrogen-bond acceptors (Lipinski definition) is 2. The second-order valence-corrected chi connectivity index (χ2v) is 7.76. The summed E-state index contributed by atoms with van der Waals surface area (Å²) in [6.07, 6.45) is 13.4. The monoisotopic (exact) mass is 372 g/mol. The first-order valence-corrected chi connectivity index (χ1v) is 9.73. The van der Waals surface area contributed by atoms with E-state index in [4.69, 9.17) is 0 Å². The van der Waals surface area contributed by atoms with Crippen molar-refractivity contribution in [3.8, 4) is 0 Å². The molecule has 0 saturated heterocycles. The molecule has 2 bridgehead atoms. The largest absolute Gasteiger partial charge is 0.289 e. The molecule has 6 rings (SSSR count). The SMILES string of the molecule is O=C1c2cc3c(cc2C(=O)c2cc4ccccc4cc21)=CC1=CC=CC=C(C=3)C1. The van der Waals surface area contributed by atoms with Crippen LogP contribution in [0.2, 0.25) is 0 Å². The van der Waals surface area contributed by atoms with E-state index < -0.39 is 0 Å². The zero-order valence-electron chi connectivity index (χ0n) is 15.6. The van der Waals surface area contributed by atoms with Gasteiger partial charge >= 0.3 is 0 Å². The molecule has 0 saturated carbocycles. The maximum absolute atomic E-state index is 13.3. The second-order valence-electron chi connectivity index (χ2n) is 7.76. The fourth-order valence-corrected chi connectivity index (χ4v) is 4.47. The summed E-state index contributed by atoms with van der Waals surface area (Å²) in [6, 6.07) is 15.3. The lowest BCUT2D eigenvalue weighted by Crippen LogP contribution is -2.31. The molecule has 0 aromatic heterocycles. The number of rotatable bonds is 0. The predicted octanol–water partition coefficient (Wildman–Crippen LogP) is 4.00. The minimum absolute atomic E-state index is 0.0749. The summed E-state index contributed by atoms with van der Waals surface area (Å²) in [5.41, 5.74) is 4.39. The zero-order valence-corrected chi connectivity index (χ0v) is 15.6. The van der Waals surface area contributed by atoms with Crippen molar-refractivity contribution in [2.45, 2.75) is 6.42 Å². The summed E-state index contributed by atoms with van der Waals surface area (Å²) in [6.45, 7) is 0. The Hall–Kier alpha value is -3.78. The maximum Gasteiger partial charge on any atom is 0.194 e. The topological polar surface area (TPSA) is 34.1 Å². The Balaban J connectivity index is 1.65. The zero-order chi connectivity index (χ0) is 19.5. The van der Waals surface area contributed by atoms with Gasteiger partial charge in [0.1, 0.15) is 0 Å². The Morgan fingerprint density at radius 2 is 1.03 bits per heavy atom. The van der Waals surface area contributed by atoms with Crippen LogP contribution in [0.15, 0.2) is 84.0 Å². The van der Waals surface area contributed by atoms with Crippen molar-refractivity contribution in [3.05, 3.63) is 117 Å². The summed E-state index contributed by atoms with van der Waals surface area (Å²) in [4.78, 5) is 26.7. The number of fused-ring (bicyclic) bond motifs is 6. The van der Waals surface area contributed by atoms with E-state index in [1.807, 2.05) is 60.7 Å². The van der Waals surface area contributed by atoms with E-state index in [1.54, 1.807) is 0 Å². The summed E-state index contributed by atoms with van der Waals surface area (Å²) in [5, 5.41) is 3.91. The maximum atomic E-state index is 13.3. The van der Waals surface area contributed by atoms with Gasteiger partial charge in [0, 0.05) is 22.3 Å². The fourth-order valence-electron chi connectivity index (χ4n) is 4.47. The standard InChI is InChI=1S/C27H16O2/c28-26-22-12-18-7-3-4-8-19(18)13-23(22)27(29)25-15-21-11-17-6-2-1-5-16(9-17)10-20(21)14-24(25)26/h1-8,10-15H,9H2. The Bertz CT molecular complexity index is 1380. The lowest BCUT2D eigenvalue weighted by atomic mass is 9.82.